The highest BCUT2D eigenvalue weighted by molar-refractivity contribution is 7.91. The fraction of sp³-hybridized carbons (Fsp3) is 0.579. The van der Waals surface area contributed by atoms with Gasteiger partial charge >= 0.3 is 0 Å². The Balaban J connectivity index is 1.52. The Hall–Kier alpha value is -1.67. The van der Waals surface area contributed by atoms with Crippen molar-refractivity contribution in [2.45, 2.75) is 52.1 Å². The maximum Gasteiger partial charge on any atom is 0.263 e. The molecule has 4 rings (SSSR count). The van der Waals surface area contributed by atoms with Gasteiger partial charge in [0.2, 0.25) is 0 Å². The predicted molar refractivity (Wildman–Crippen MR) is 106 cm³/mol. The molecule has 0 spiro atoms. The number of fused-ring (bicyclic) bond motifs is 1. The zero-order valence-corrected chi connectivity index (χ0v) is 17.6. The molecule has 1 aliphatic heterocycles. The molecule has 8 heteroatoms. The molecular formula is C19H25N3O3S2. The Morgan fingerprint density at radius 3 is 2.81 bits per heavy atom. The molecule has 1 saturated heterocycles. The standard InChI is InChI=1S/C19H25N3O3S2/c1-12-16(13(2)22(20-12)15-7-8-27(24,25)11-15)10-21(3)19(23)18-9-14-5-4-6-17(14)26-18/h9,15H,4-8,10-11H2,1-3H3/t15-/m0/s1. The minimum atomic E-state index is -2.96. The van der Waals surface area contributed by atoms with E-state index >= 15 is 0 Å². The Kier molecular flexibility index (Phi) is 4.66. The third-order valence-corrected chi connectivity index (χ3v) is 8.70. The lowest BCUT2D eigenvalue weighted by Gasteiger charge is -2.17. The van der Waals surface area contributed by atoms with Crippen LogP contribution in [0.15, 0.2) is 6.07 Å². The van der Waals surface area contributed by atoms with Gasteiger partial charge in [-0.3, -0.25) is 9.48 Å². The molecule has 3 heterocycles. The van der Waals surface area contributed by atoms with Crippen LogP contribution >= 0.6 is 11.3 Å². The zero-order valence-electron chi connectivity index (χ0n) is 16.0. The molecule has 0 N–H and O–H groups in total. The second-order valence-electron chi connectivity index (χ2n) is 7.72. The number of amides is 1. The van der Waals surface area contributed by atoms with Gasteiger partial charge in [-0.05, 0) is 51.2 Å². The van der Waals surface area contributed by atoms with E-state index in [4.69, 9.17) is 0 Å². The molecule has 146 valence electrons. The van der Waals surface area contributed by atoms with Crippen molar-refractivity contribution in [1.29, 1.82) is 0 Å². The fourth-order valence-electron chi connectivity index (χ4n) is 4.18. The molecule has 0 bridgehead atoms. The van der Waals surface area contributed by atoms with Gasteiger partial charge in [0.1, 0.15) is 0 Å². The van der Waals surface area contributed by atoms with E-state index in [1.165, 1.54) is 16.9 Å². The predicted octanol–water partition coefficient (Wildman–Crippen LogP) is 2.68. The van der Waals surface area contributed by atoms with Gasteiger partial charge in [-0.25, -0.2) is 8.42 Å². The summed E-state index contributed by atoms with van der Waals surface area (Å²) < 4.78 is 25.5. The summed E-state index contributed by atoms with van der Waals surface area (Å²) in [5.41, 5.74) is 4.17. The molecule has 0 radical (unpaired) electrons. The summed E-state index contributed by atoms with van der Waals surface area (Å²) >= 11 is 1.62. The zero-order chi connectivity index (χ0) is 19.3. The van der Waals surface area contributed by atoms with Crippen LogP contribution in [0.4, 0.5) is 0 Å². The van der Waals surface area contributed by atoms with Crippen molar-refractivity contribution >= 4 is 27.1 Å². The summed E-state index contributed by atoms with van der Waals surface area (Å²) in [7, 11) is -1.14. The number of sulfone groups is 1. The molecule has 1 aliphatic carbocycles. The van der Waals surface area contributed by atoms with Crippen molar-refractivity contribution in [2.24, 2.45) is 0 Å². The monoisotopic (exact) mass is 407 g/mol. The summed E-state index contributed by atoms with van der Waals surface area (Å²) in [4.78, 5) is 16.8. The van der Waals surface area contributed by atoms with E-state index in [2.05, 4.69) is 11.2 Å². The van der Waals surface area contributed by atoms with Crippen molar-refractivity contribution in [2.75, 3.05) is 18.6 Å². The number of rotatable bonds is 4. The van der Waals surface area contributed by atoms with Crippen molar-refractivity contribution in [3.63, 3.8) is 0 Å². The van der Waals surface area contributed by atoms with Crippen LogP contribution in [0, 0.1) is 13.8 Å². The molecule has 0 saturated carbocycles. The number of carbonyl (C=O) groups excluding carboxylic acids is 1. The normalized spacial score (nSPS) is 20.8. The van der Waals surface area contributed by atoms with Gasteiger partial charge in [-0.2, -0.15) is 5.10 Å². The van der Waals surface area contributed by atoms with Crippen molar-refractivity contribution in [3.05, 3.63) is 38.3 Å². The van der Waals surface area contributed by atoms with Gasteiger partial charge in [-0.1, -0.05) is 0 Å². The van der Waals surface area contributed by atoms with Crippen LogP contribution in [-0.4, -0.2) is 47.6 Å². The van der Waals surface area contributed by atoms with E-state index in [1.54, 1.807) is 16.2 Å². The molecule has 2 aliphatic rings. The van der Waals surface area contributed by atoms with Crippen molar-refractivity contribution in [3.8, 4) is 0 Å². The lowest BCUT2D eigenvalue weighted by Crippen LogP contribution is -2.26. The number of hydrogen-bond donors (Lipinski definition) is 0. The van der Waals surface area contributed by atoms with Crippen LogP contribution in [0.3, 0.4) is 0 Å². The Labute approximate surface area is 164 Å². The third-order valence-electron chi connectivity index (χ3n) is 5.73. The Bertz CT molecular complexity index is 982. The third kappa shape index (κ3) is 3.45. The topological polar surface area (TPSA) is 72.3 Å². The first-order valence-corrected chi connectivity index (χ1v) is 12.0. The summed E-state index contributed by atoms with van der Waals surface area (Å²) in [6, 6.07) is 1.96. The molecule has 0 aromatic carbocycles. The maximum absolute atomic E-state index is 12.9. The van der Waals surface area contributed by atoms with Crippen molar-refractivity contribution < 1.29 is 13.2 Å². The molecule has 2 aromatic rings. The van der Waals surface area contributed by atoms with Gasteiger partial charge in [0.05, 0.1) is 28.1 Å². The van der Waals surface area contributed by atoms with E-state index in [-0.39, 0.29) is 23.5 Å². The highest BCUT2D eigenvalue weighted by Crippen LogP contribution is 2.32. The van der Waals surface area contributed by atoms with Gasteiger partial charge in [0.25, 0.3) is 5.91 Å². The maximum atomic E-state index is 12.9. The average molecular weight is 408 g/mol. The minimum absolute atomic E-state index is 0.0457. The van der Waals surface area contributed by atoms with Crippen LogP contribution in [0.2, 0.25) is 0 Å². The van der Waals surface area contributed by atoms with Gasteiger partial charge < -0.3 is 4.90 Å². The number of hydrogen-bond acceptors (Lipinski definition) is 5. The molecule has 27 heavy (non-hydrogen) atoms. The van der Waals surface area contributed by atoms with Crippen LogP contribution < -0.4 is 0 Å². The average Bonchev–Trinajstić information content (AvgIpc) is 3.33. The highest BCUT2D eigenvalue weighted by atomic mass is 32.2. The second kappa shape index (κ2) is 6.74. The second-order valence-corrected chi connectivity index (χ2v) is 11.1. The molecule has 2 aromatic heterocycles. The highest BCUT2D eigenvalue weighted by Gasteiger charge is 2.32. The largest absolute Gasteiger partial charge is 0.337 e. The van der Waals surface area contributed by atoms with Crippen LogP contribution in [0.5, 0.6) is 0 Å². The number of nitrogens with zero attached hydrogens (tertiary/aromatic N) is 3. The number of thiophene rings is 1. The number of carbonyl (C=O) groups is 1. The summed E-state index contributed by atoms with van der Waals surface area (Å²) in [6.07, 6.45) is 3.98. The van der Waals surface area contributed by atoms with Gasteiger partial charge in [0, 0.05) is 29.7 Å². The first-order chi connectivity index (χ1) is 12.7. The van der Waals surface area contributed by atoms with Gasteiger partial charge in [0.15, 0.2) is 9.84 Å². The van der Waals surface area contributed by atoms with Crippen LogP contribution in [0.25, 0.3) is 0 Å². The number of aromatic nitrogens is 2. The quantitative estimate of drug-likeness (QED) is 0.781. The summed E-state index contributed by atoms with van der Waals surface area (Å²) in [6.45, 7) is 4.39. The van der Waals surface area contributed by atoms with Crippen LogP contribution in [0.1, 0.15) is 55.9 Å². The lowest BCUT2D eigenvalue weighted by atomic mass is 10.1. The molecule has 6 nitrogen and oxygen atoms in total. The molecule has 1 atom stereocenters. The molecule has 1 amide bonds. The molecular weight excluding hydrogens is 382 g/mol. The van der Waals surface area contributed by atoms with E-state index in [1.807, 2.05) is 25.6 Å². The smallest absolute Gasteiger partial charge is 0.263 e. The Morgan fingerprint density at radius 1 is 1.37 bits per heavy atom. The molecule has 0 unspecified atom stereocenters. The Morgan fingerprint density at radius 2 is 2.15 bits per heavy atom. The van der Waals surface area contributed by atoms with E-state index in [0.717, 1.165) is 34.7 Å². The van der Waals surface area contributed by atoms with Crippen molar-refractivity contribution in [1.82, 2.24) is 14.7 Å². The van der Waals surface area contributed by atoms with E-state index in [0.29, 0.717) is 13.0 Å². The summed E-state index contributed by atoms with van der Waals surface area (Å²) in [5, 5.41) is 4.60. The lowest BCUT2D eigenvalue weighted by molar-refractivity contribution is 0.0789. The summed E-state index contributed by atoms with van der Waals surface area (Å²) in [5.74, 6) is 0.431. The number of aryl methyl sites for hydroxylation is 3. The SMILES string of the molecule is Cc1nn([C@H]2CCS(=O)(=O)C2)c(C)c1CN(C)C(=O)c1cc2c(s1)CCC2. The first kappa shape index (κ1) is 18.7. The van der Waals surface area contributed by atoms with Gasteiger partial charge in [-0.15, -0.1) is 11.3 Å². The van der Waals surface area contributed by atoms with Crippen LogP contribution in [-0.2, 0) is 29.2 Å². The minimum Gasteiger partial charge on any atom is -0.337 e. The first-order valence-electron chi connectivity index (χ1n) is 9.37. The molecule has 1 fully saturated rings. The van der Waals surface area contributed by atoms with E-state index < -0.39 is 9.84 Å². The van der Waals surface area contributed by atoms with E-state index in [9.17, 15) is 13.2 Å². The fourth-order valence-corrected chi connectivity index (χ4v) is 7.12.